The van der Waals surface area contributed by atoms with Gasteiger partial charge in [-0.2, -0.15) is 23.5 Å². The molecule has 2 aromatic rings. The van der Waals surface area contributed by atoms with Gasteiger partial charge in [0, 0.05) is 19.5 Å². The van der Waals surface area contributed by atoms with E-state index >= 15 is 0 Å². The van der Waals surface area contributed by atoms with Gasteiger partial charge >= 0.3 is 6.18 Å². The highest BCUT2D eigenvalue weighted by atomic mass is 19.4. The fourth-order valence-corrected chi connectivity index (χ4v) is 3.47. The number of nitrogens with one attached hydrogen (secondary N) is 1. The van der Waals surface area contributed by atoms with E-state index in [-0.39, 0.29) is 30.9 Å². The van der Waals surface area contributed by atoms with Gasteiger partial charge in [-0.3, -0.25) is 9.59 Å². The minimum absolute atomic E-state index is 0.224. The molecule has 31 heavy (non-hydrogen) atoms. The molecule has 3 N–H and O–H groups in total. The van der Waals surface area contributed by atoms with Crippen molar-refractivity contribution in [2.24, 2.45) is 5.92 Å². The predicted molar refractivity (Wildman–Crippen MR) is 105 cm³/mol. The summed E-state index contributed by atoms with van der Waals surface area (Å²) in [5.41, 5.74) is 7.51. The second-order valence-electron chi connectivity index (χ2n) is 7.25. The van der Waals surface area contributed by atoms with Crippen LogP contribution >= 0.6 is 0 Å². The zero-order valence-electron chi connectivity index (χ0n) is 16.5. The highest BCUT2D eigenvalue weighted by Gasteiger charge is 2.40. The second-order valence-corrected chi connectivity index (χ2v) is 7.25. The lowest BCUT2D eigenvalue weighted by atomic mass is 10.1. The van der Waals surface area contributed by atoms with Gasteiger partial charge in [-0.25, -0.2) is 4.68 Å². The zero-order valence-corrected chi connectivity index (χ0v) is 16.5. The fourth-order valence-electron chi connectivity index (χ4n) is 3.47. The number of rotatable bonds is 7. The molecule has 0 saturated carbocycles. The number of alkyl halides is 3. The minimum Gasteiger partial charge on any atom is -0.382 e. The van der Waals surface area contributed by atoms with Gasteiger partial charge < -0.3 is 16.0 Å². The standard InChI is InChI=1S/C20H21F3N6O2/c21-20(22,23)12-28-11-13(9-17(28)30)19(31)26-8-4-7-16-15(10-24)18(25)29(27-16)14-5-2-1-3-6-14/h1-3,5-6,13H,4,7-9,11-12,25H2,(H,26,31). The average Bonchev–Trinajstić information content (AvgIpc) is 3.24. The fraction of sp³-hybridized carbons (Fsp3) is 0.400. The highest BCUT2D eigenvalue weighted by molar-refractivity contribution is 5.89. The minimum atomic E-state index is -4.50. The molecule has 3 rings (SSSR count). The van der Waals surface area contributed by atoms with Crippen molar-refractivity contribution in [3.63, 3.8) is 0 Å². The molecular weight excluding hydrogens is 413 g/mol. The van der Waals surface area contributed by atoms with E-state index < -0.39 is 30.5 Å². The molecule has 1 saturated heterocycles. The Morgan fingerprint density at radius 1 is 1.32 bits per heavy atom. The van der Waals surface area contributed by atoms with Gasteiger partial charge in [-0.1, -0.05) is 18.2 Å². The number of hydrogen-bond acceptors (Lipinski definition) is 5. The number of hydrogen-bond donors (Lipinski definition) is 2. The molecule has 1 unspecified atom stereocenters. The number of nitriles is 1. The summed E-state index contributed by atoms with van der Waals surface area (Å²) in [5, 5.41) is 16.4. The summed E-state index contributed by atoms with van der Waals surface area (Å²) < 4.78 is 38.9. The molecule has 164 valence electrons. The number of likely N-dealkylation sites (tertiary alicyclic amines) is 1. The van der Waals surface area contributed by atoms with Crippen molar-refractivity contribution in [1.82, 2.24) is 20.0 Å². The number of nitrogens with zero attached hydrogens (tertiary/aromatic N) is 4. The lowest BCUT2D eigenvalue weighted by Crippen LogP contribution is -2.37. The number of nitrogens with two attached hydrogens (primary N) is 1. The largest absolute Gasteiger partial charge is 0.406 e. The first-order valence-corrected chi connectivity index (χ1v) is 9.64. The van der Waals surface area contributed by atoms with E-state index in [4.69, 9.17) is 5.73 Å². The summed E-state index contributed by atoms with van der Waals surface area (Å²) in [4.78, 5) is 24.6. The quantitative estimate of drug-likeness (QED) is 0.645. The van der Waals surface area contributed by atoms with Gasteiger partial charge in [0.1, 0.15) is 24.0 Å². The number of amides is 2. The van der Waals surface area contributed by atoms with Crippen LogP contribution in [0, 0.1) is 17.2 Å². The number of para-hydroxylation sites is 1. The number of carbonyl (C=O) groups is 2. The summed E-state index contributed by atoms with van der Waals surface area (Å²) in [7, 11) is 0. The number of halogens is 3. The molecule has 1 aliphatic heterocycles. The number of nitrogen functional groups attached to an aromatic ring is 1. The third-order valence-corrected chi connectivity index (χ3v) is 4.95. The molecule has 2 heterocycles. The highest BCUT2D eigenvalue weighted by Crippen LogP contribution is 2.24. The van der Waals surface area contributed by atoms with Gasteiger partial charge in [0.2, 0.25) is 11.8 Å². The Hall–Kier alpha value is -3.55. The first-order chi connectivity index (χ1) is 14.7. The first-order valence-electron chi connectivity index (χ1n) is 9.64. The van der Waals surface area contributed by atoms with Crippen LogP contribution in [0.5, 0.6) is 0 Å². The van der Waals surface area contributed by atoms with Gasteiger partial charge in [0.25, 0.3) is 0 Å². The molecule has 0 radical (unpaired) electrons. The van der Waals surface area contributed by atoms with Crippen LogP contribution in [0.3, 0.4) is 0 Å². The molecule has 1 atom stereocenters. The molecule has 0 bridgehead atoms. The van der Waals surface area contributed by atoms with Crippen LogP contribution in [0.2, 0.25) is 0 Å². The van der Waals surface area contributed by atoms with Crippen LogP contribution < -0.4 is 11.1 Å². The van der Waals surface area contributed by atoms with Crippen molar-refractivity contribution in [2.45, 2.75) is 25.4 Å². The lowest BCUT2D eigenvalue weighted by Gasteiger charge is -2.18. The summed E-state index contributed by atoms with van der Waals surface area (Å²) in [6.07, 6.45) is -3.92. The number of carbonyl (C=O) groups excluding carboxylic acids is 2. The molecule has 0 spiro atoms. The van der Waals surface area contributed by atoms with E-state index in [1.54, 1.807) is 12.1 Å². The van der Waals surface area contributed by atoms with Crippen LogP contribution in [0.25, 0.3) is 5.69 Å². The summed E-state index contributed by atoms with van der Waals surface area (Å²) >= 11 is 0. The molecule has 11 heteroatoms. The molecule has 1 aromatic heterocycles. The van der Waals surface area contributed by atoms with Crippen LogP contribution in [0.4, 0.5) is 19.0 Å². The maximum absolute atomic E-state index is 12.5. The summed E-state index contributed by atoms with van der Waals surface area (Å²) in [6.45, 7) is -1.37. The zero-order chi connectivity index (χ0) is 22.6. The Morgan fingerprint density at radius 2 is 2.03 bits per heavy atom. The number of anilines is 1. The topological polar surface area (TPSA) is 117 Å². The number of aromatic nitrogens is 2. The molecule has 1 aromatic carbocycles. The van der Waals surface area contributed by atoms with Crippen LogP contribution in [-0.2, 0) is 16.0 Å². The third kappa shape index (κ3) is 5.33. The van der Waals surface area contributed by atoms with Crippen molar-refractivity contribution in [1.29, 1.82) is 5.26 Å². The van der Waals surface area contributed by atoms with Gasteiger partial charge in [-0.05, 0) is 25.0 Å². The molecular formula is C20H21F3N6O2. The third-order valence-electron chi connectivity index (χ3n) is 4.95. The predicted octanol–water partition coefficient (Wildman–Crippen LogP) is 1.79. The van der Waals surface area contributed by atoms with Crippen molar-refractivity contribution < 1.29 is 22.8 Å². The molecule has 0 aliphatic carbocycles. The summed E-state index contributed by atoms with van der Waals surface area (Å²) in [6, 6.07) is 11.1. The molecule has 1 aliphatic rings. The number of aryl methyl sites for hydroxylation is 1. The molecule has 8 nitrogen and oxygen atoms in total. The lowest BCUT2D eigenvalue weighted by molar-refractivity contribution is -0.157. The van der Waals surface area contributed by atoms with E-state index in [1.807, 2.05) is 24.3 Å². The smallest absolute Gasteiger partial charge is 0.382 e. The van der Waals surface area contributed by atoms with Crippen LogP contribution in [0.1, 0.15) is 24.1 Å². The van der Waals surface area contributed by atoms with E-state index in [9.17, 15) is 28.0 Å². The number of benzene rings is 1. The maximum Gasteiger partial charge on any atom is 0.406 e. The van der Waals surface area contributed by atoms with Crippen molar-refractivity contribution in [2.75, 3.05) is 25.4 Å². The SMILES string of the molecule is N#Cc1c(CCCNC(=O)C2CC(=O)N(CC(F)(F)F)C2)nn(-c2ccccc2)c1N. The van der Waals surface area contributed by atoms with E-state index in [0.29, 0.717) is 29.1 Å². The monoisotopic (exact) mass is 434 g/mol. The molecule has 1 fully saturated rings. The van der Waals surface area contributed by atoms with Gasteiger partial charge in [0.15, 0.2) is 0 Å². The van der Waals surface area contributed by atoms with E-state index in [2.05, 4.69) is 10.4 Å². The van der Waals surface area contributed by atoms with Crippen LogP contribution in [-0.4, -0.2) is 52.3 Å². The van der Waals surface area contributed by atoms with E-state index in [0.717, 1.165) is 0 Å². The Bertz CT molecular complexity index is 997. The summed E-state index contributed by atoms with van der Waals surface area (Å²) in [5.74, 6) is -1.73. The average molecular weight is 434 g/mol. The van der Waals surface area contributed by atoms with Gasteiger partial charge in [-0.15, -0.1) is 0 Å². The van der Waals surface area contributed by atoms with Crippen LogP contribution in [0.15, 0.2) is 30.3 Å². The second kappa shape index (κ2) is 9.07. The molecule has 2 amide bonds. The van der Waals surface area contributed by atoms with Crippen molar-refractivity contribution >= 4 is 17.6 Å². The Morgan fingerprint density at radius 3 is 2.68 bits per heavy atom. The first kappa shape index (κ1) is 22.1. The van der Waals surface area contributed by atoms with Crippen molar-refractivity contribution in [3.8, 4) is 11.8 Å². The van der Waals surface area contributed by atoms with Gasteiger partial charge in [0.05, 0.1) is 17.3 Å². The maximum atomic E-state index is 12.5. The normalized spacial score (nSPS) is 16.4. The van der Waals surface area contributed by atoms with E-state index in [1.165, 1.54) is 4.68 Å². The Labute approximate surface area is 176 Å². The van der Waals surface area contributed by atoms with Crippen molar-refractivity contribution in [3.05, 3.63) is 41.6 Å². The Balaban J connectivity index is 1.53. The Kier molecular flexibility index (Phi) is 6.48.